The van der Waals surface area contributed by atoms with Gasteiger partial charge in [-0.25, -0.2) is 9.66 Å². The highest BCUT2D eigenvalue weighted by Gasteiger charge is 2.13. The van der Waals surface area contributed by atoms with Crippen LogP contribution in [-0.2, 0) is 4.74 Å². The van der Waals surface area contributed by atoms with Crippen molar-refractivity contribution in [3.63, 3.8) is 0 Å². The molecule has 2 aromatic rings. The number of nitrogens with one attached hydrogen (secondary N) is 1. The number of rotatable bonds is 1. The van der Waals surface area contributed by atoms with E-state index in [-0.39, 0.29) is 11.1 Å². The molecule has 20 heavy (non-hydrogen) atoms. The van der Waals surface area contributed by atoms with Crippen molar-refractivity contribution in [3.8, 4) is 0 Å². The standard InChI is InChI=1S/C13H16N4O3/c1-9-14-11-7-12(18)17(8-10(11)13(19)15-9)16-3-2-5-20-6-4-16/h7-8H,2-6H2,1H3,(H,14,15,19). The first-order chi connectivity index (χ1) is 9.65. The smallest absolute Gasteiger partial charge is 0.271 e. The number of ether oxygens (including phenoxy) is 1. The molecule has 0 aromatic carbocycles. The van der Waals surface area contributed by atoms with Crippen molar-refractivity contribution in [1.29, 1.82) is 0 Å². The van der Waals surface area contributed by atoms with Crippen molar-refractivity contribution in [3.05, 3.63) is 38.8 Å². The van der Waals surface area contributed by atoms with Gasteiger partial charge in [-0.15, -0.1) is 0 Å². The number of aromatic amines is 1. The second kappa shape index (κ2) is 5.09. The van der Waals surface area contributed by atoms with Crippen molar-refractivity contribution in [2.75, 3.05) is 31.3 Å². The molecule has 7 nitrogen and oxygen atoms in total. The van der Waals surface area contributed by atoms with Gasteiger partial charge in [0.25, 0.3) is 11.1 Å². The average Bonchev–Trinajstić information content (AvgIpc) is 2.66. The maximum absolute atomic E-state index is 12.2. The molecule has 0 radical (unpaired) electrons. The van der Waals surface area contributed by atoms with E-state index in [1.807, 2.05) is 5.01 Å². The molecule has 0 bridgehead atoms. The molecular formula is C13H16N4O3. The summed E-state index contributed by atoms with van der Waals surface area (Å²) in [5.41, 5.74) is 0.0165. The van der Waals surface area contributed by atoms with E-state index in [9.17, 15) is 9.59 Å². The first kappa shape index (κ1) is 12.9. The summed E-state index contributed by atoms with van der Waals surface area (Å²) < 4.78 is 6.87. The molecule has 106 valence electrons. The van der Waals surface area contributed by atoms with Crippen LogP contribution in [0.3, 0.4) is 0 Å². The van der Waals surface area contributed by atoms with E-state index in [0.29, 0.717) is 36.5 Å². The fourth-order valence-electron chi connectivity index (χ4n) is 2.39. The van der Waals surface area contributed by atoms with Crippen LogP contribution < -0.4 is 16.1 Å². The third-order valence-electron chi connectivity index (χ3n) is 3.34. The van der Waals surface area contributed by atoms with Crippen LogP contribution in [0.2, 0.25) is 0 Å². The zero-order valence-corrected chi connectivity index (χ0v) is 11.3. The summed E-state index contributed by atoms with van der Waals surface area (Å²) in [5.74, 6) is 0.503. The predicted molar refractivity (Wildman–Crippen MR) is 74.7 cm³/mol. The van der Waals surface area contributed by atoms with Crippen molar-refractivity contribution in [1.82, 2.24) is 14.6 Å². The minimum absolute atomic E-state index is 0.183. The fourth-order valence-corrected chi connectivity index (χ4v) is 2.39. The number of fused-ring (bicyclic) bond motifs is 1. The van der Waals surface area contributed by atoms with Crippen LogP contribution in [0.1, 0.15) is 12.2 Å². The summed E-state index contributed by atoms with van der Waals surface area (Å²) in [6.07, 6.45) is 2.42. The van der Waals surface area contributed by atoms with Crippen LogP contribution in [0.4, 0.5) is 0 Å². The Labute approximate surface area is 114 Å². The van der Waals surface area contributed by atoms with E-state index in [0.717, 1.165) is 13.0 Å². The molecule has 1 N–H and O–H groups in total. The van der Waals surface area contributed by atoms with Gasteiger partial charge in [-0.05, 0) is 13.3 Å². The fraction of sp³-hybridized carbons (Fsp3) is 0.462. The van der Waals surface area contributed by atoms with Crippen molar-refractivity contribution in [2.24, 2.45) is 0 Å². The molecule has 0 atom stereocenters. The van der Waals surface area contributed by atoms with E-state index in [1.54, 1.807) is 13.1 Å². The highest BCUT2D eigenvalue weighted by atomic mass is 16.5. The van der Waals surface area contributed by atoms with E-state index in [2.05, 4.69) is 9.97 Å². The molecule has 7 heteroatoms. The van der Waals surface area contributed by atoms with E-state index >= 15 is 0 Å². The third kappa shape index (κ3) is 2.32. The molecule has 0 unspecified atom stereocenters. The normalized spacial score (nSPS) is 16.4. The Morgan fingerprint density at radius 1 is 1.30 bits per heavy atom. The maximum atomic E-state index is 12.2. The van der Waals surface area contributed by atoms with Gasteiger partial charge in [-0.3, -0.25) is 9.59 Å². The molecule has 1 aliphatic heterocycles. The first-order valence-electron chi connectivity index (χ1n) is 6.61. The van der Waals surface area contributed by atoms with Gasteiger partial charge in [0.1, 0.15) is 5.82 Å². The molecule has 1 saturated heterocycles. The molecule has 0 saturated carbocycles. The van der Waals surface area contributed by atoms with E-state index < -0.39 is 0 Å². The van der Waals surface area contributed by atoms with Gasteiger partial charge >= 0.3 is 0 Å². The van der Waals surface area contributed by atoms with Gasteiger partial charge in [0.15, 0.2) is 0 Å². The third-order valence-corrected chi connectivity index (χ3v) is 3.34. The zero-order chi connectivity index (χ0) is 14.1. The summed E-state index contributed by atoms with van der Waals surface area (Å²) in [6, 6.07) is 1.41. The van der Waals surface area contributed by atoms with E-state index in [1.165, 1.54) is 10.7 Å². The quantitative estimate of drug-likeness (QED) is 0.777. The van der Waals surface area contributed by atoms with Crippen molar-refractivity contribution < 1.29 is 4.74 Å². The van der Waals surface area contributed by atoms with Crippen LogP contribution in [-0.4, -0.2) is 40.9 Å². The number of nitrogens with zero attached hydrogens (tertiary/aromatic N) is 3. The Hall–Kier alpha value is -2.15. The summed E-state index contributed by atoms with van der Waals surface area (Å²) >= 11 is 0. The lowest BCUT2D eigenvalue weighted by Gasteiger charge is -2.23. The predicted octanol–water partition coefficient (Wildman–Crippen LogP) is -0.248. The van der Waals surface area contributed by atoms with Crippen LogP contribution in [0.5, 0.6) is 0 Å². The topological polar surface area (TPSA) is 80.2 Å². The van der Waals surface area contributed by atoms with Gasteiger partial charge in [0.05, 0.1) is 24.1 Å². The number of aryl methyl sites for hydroxylation is 1. The van der Waals surface area contributed by atoms with Crippen LogP contribution in [0.15, 0.2) is 21.9 Å². The SMILES string of the molecule is Cc1nc2cc(=O)n(N3CCCOCC3)cc2c(=O)[nH]1. The van der Waals surface area contributed by atoms with Gasteiger partial charge < -0.3 is 14.7 Å². The van der Waals surface area contributed by atoms with Gasteiger partial charge in [-0.1, -0.05) is 0 Å². The highest BCUT2D eigenvalue weighted by molar-refractivity contribution is 5.76. The Bertz CT molecular complexity index is 741. The lowest BCUT2D eigenvalue weighted by atomic mass is 10.3. The van der Waals surface area contributed by atoms with Gasteiger partial charge in [0, 0.05) is 25.4 Å². The Kier molecular flexibility index (Phi) is 3.27. The number of hydrogen-bond donors (Lipinski definition) is 1. The summed E-state index contributed by atoms with van der Waals surface area (Å²) in [6.45, 7) is 4.32. The molecule has 0 aliphatic carbocycles. The maximum Gasteiger partial charge on any atom is 0.271 e. The molecule has 2 aromatic heterocycles. The molecule has 0 amide bonds. The number of pyridine rings is 1. The average molecular weight is 276 g/mol. The van der Waals surface area contributed by atoms with Gasteiger partial charge in [-0.2, -0.15) is 0 Å². The minimum Gasteiger partial charge on any atom is -0.379 e. The monoisotopic (exact) mass is 276 g/mol. The molecule has 0 spiro atoms. The highest BCUT2D eigenvalue weighted by Crippen LogP contribution is 2.05. The Balaban J connectivity index is 2.14. The van der Waals surface area contributed by atoms with Crippen LogP contribution in [0.25, 0.3) is 10.9 Å². The molecule has 3 rings (SSSR count). The van der Waals surface area contributed by atoms with Crippen molar-refractivity contribution >= 4 is 10.9 Å². The summed E-state index contributed by atoms with van der Waals surface area (Å²) in [4.78, 5) is 31.0. The summed E-state index contributed by atoms with van der Waals surface area (Å²) in [7, 11) is 0. The van der Waals surface area contributed by atoms with Crippen LogP contribution in [0, 0.1) is 6.92 Å². The second-order valence-electron chi connectivity index (χ2n) is 4.83. The molecule has 1 fully saturated rings. The second-order valence-corrected chi connectivity index (χ2v) is 4.83. The Morgan fingerprint density at radius 3 is 3.00 bits per heavy atom. The summed E-state index contributed by atoms with van der Waals surface area (Å²) in [5, 5.41) is 2.31. The number of aromatic nitrogens is 3. The van der Waals surface area contributed by atoms with E-state index in [4.69, 9.17) is 4.74 Å². The zero-order valence-electron chi connectivity index (χ0n) is 11.3. The lowest BCUT2D eigenvalue weighted by molar-refractivity contribution is 0.151. The number of H-pyrrole nitrogens is 1. The number of hydrogen-bond acceptors (Lipinski definition) is 5. The molecule has 1 aliphatic rings. The van der Waals surface area contributed by atoms with Crippen molar-refractivity contribution in [2.45, 2.75) is 13.3 Å². The van der Waals surface area contributed by atoms with Gasteiger partial charge in [0.2, 0.25) is 0 Å². The van der Waals surface area contributed by atoms with Crippen LogP contribution >= 0.6 is 0 Å². The molecule has 3 heterocycles. The molecular weight excluding hydrogens is 260 g/mol. The lowest BCUT2D eigenvalue weighted by Crippen LogP contribution is -2.43. The largest absolute Gasteiger partial charge is 0.379 e. The first-order valence-corrected chi connectivity index (χ1v) is 6.61. The minimum atomic E-state index is -0.229. The Morgan fingerprint density at radius 2 is 2.15 bits per heavy atom.